The fraction of sp³-hybridized carbons (Fsp3) is 0.143. The lowest BCUT2D eigenvalue weighted by molar-refractivity contribution is -0.137. The Morgan fingerprint density at radius 2 is 1.00 bits per heavy atom. The van der Waals surface area contributed by atoms with Crippen LogP contribution in [-0.2, 0) is 6.18 Å². The molecule has 142 valence electrons. The number of aryl methyl sites for hydroxylation is 2. The van der Waals surface area contributed by atoms with Gasteiger partial charge in [-0.15, -0.1) is 12.6 Å². The fourth-order valence-electron chi connectivity index (χ4n) is 1.93. The number of hydrogen-bond acceptors (Lipinski definition) is 3. The summed E-state index contributed by atoms with van der Waals surface area (Å²) in [5, 5.41) is 0. The summed E-state index contributed by atoms with van der Waals surface area (Å²) in [6, 6.07) is 21.3. The Balaban J connectivity index is 0.000000273. The number of hydrogen-bond donors (Lipinski definition) is 1. The van der Waals surface area contributed by atoms with Crippen LogP contribution in [0.25, 0.3) is 0 Å². The predicted molar refractivity (Wildman–Crippen MR) is 113 cm³/mol. The highest BCUT2D eigenvalue weighted by atomic mass is 33.1. The van der Waals surface area contributed by atoms with Crippen molar-refractivity contribution in [2.75, 3.05) is 0 Å². The van der Waals surface area contributed by atoms with Crippen LogP contribution in [-0.4, -0.2) is 0 Å². The molecule has 3 aromatic rings. The van der Waals surface area contributed by atoms with Crippen molar-refractivity contribution < 1.29 is 13.2 Å². The maximum Gasteiger partial charge on any atom is 0.416 e. The molecule has 3 rings (SSSR count). The van der Waals surface area contributed by atoms with E-state index in [1.165, 1.54) is 44.8 Å². The zero-order chi connectivity index (χ0) is 19.9. The van der Waals surface area contributed by atoms with Crippen LogP contribution in [0.2, 0.25) is 0 Å². The summed E-state index contributed by atoms with van der Waals surface area (Å²) in [7, 11) is 2.98. The van der Waals surface area contributed by atoms with Gasteiger partial charge in [0.2, 0.25) is 0 Å². The van der Waals surface area contributed by atoms with E-state index in [9.17, 15) is 13.2 Å². The lowest BCUT2D eigenvalue weighted by atomic mass is 10.2. The number of alkyl halides is 3. The van der Waals surface area contributed by atoms with Crippen molar-refractivity contribution in [1.82, 2.24) is 0 Å². The molecule has 0 spiro atoms. The van der Waals surface area contributed by atoms with Crippen molar-refractivity contribution in [3.8, 4) is 0 Å². The average Bonchev–Trinajstić information content (AvgIpc) is 2.64. The third-order valence-corrected chi connectivity index (χ3v) is 6.19. The van der Waals surface area contributed by atoms with Gasteiger partial charge in [0, 0.05) is 14.7 Å². The SMILES string of the molecule is Cc1ccc(S)cc1.Cc1ccc(SSc2ccc(C(F)(F)F)cc2)cc1. The molecule has 0 aromatic heterocycles. The summed E-state index contributed by atoms with van der Waals surface area (Å²) in [6.45, 7) is 4.07. The van der Waals surface area contributed by atoms with E-state index in [4.69, 9.17) is 0 Å². The third-order valence-electron chi connectivity index (χ3n) is 3.47. The summed E-state index contributed by atoms with van der Waals surface area (Å²) >= 11 is 4.13. The summed E-state index contributed by atoms with van der Waals surface area (Å²) < 4.78 is 37.2. The molecule has 0 aliphatic heterocycles. The first-order valence-corrected chi connectivity index (χ1v) is 10.7. The van der Waals surface area contributed by atoms with Crippen LogP contribution in [0.15, 0.2) is 87.5 Å². The first-order valence-electron chi connectivity index (χ1n) is 8.08. The van der Waals surface area contributed by atoms with Crippen LogP contribution in [0.5, 0.6) is 0 Å². The molecule has 0 radical (unpaired) electrons. The quantitative estimate of drug-likeness (QED) is 0.333. The molecule has 0 amide bonds. The molecule has 0 N–H and O–H groups in total. The van der Waals surface area contributed by atoms with Gasteiger partial charge in [-0.2, -0.15) is 13.2 Å². The first-order chi connectivity index (χ1) is 12.7. The fourth-order valence-corrected chi connectivity index (χ4v) is 4.01. The second-order valence-electron chi connectivity index (χ2n) is 5.84. The second-order valence-corrected chi connectivity index (χ2v) is 8.63. The molecule has 27 heavy (non-hydrogen) atoms. The van der Waals surface area contributed by atoms with E-state index >= 15 is 0 Å². The minimum atomic E-state index is -4.27. The largest absolute Gasteiger partial charge is 0.416 e. The molecular formula is C21H19F3S3. The third kappa shape index (κ3) is 7.95. The summed E-state index contributed by atoms with van der Waals surface area (Å²) in [4.78, 5) is 2.91. The van der Waals surface area contributed by atoms with Crippen molar-refractivity contribution in [3.63, 3.8) is 0 Å². The Hall–Kier alpha value is -1.50. The molecule has 0 fully saturated rings. The number of benzene rings is 3. The molecule has 0 saturated carbocycles. The Kier molecular flexibility index (Phi) is 8.20. The van der Waals surface area contributed by atoms with Crippen molar-refractivity contribution in [2.45, 2.75) is 34.7 Å². The van der Waals surface area contributed by atoms with Gasteiger partial charge >= 0.3 is 6.18 Å². The maximum absolute atomic E-state index is 12.4. The van der Waals surface area contributed by atoms with Gasteiger partial charge in [0.05, 0.1) is 5.56 Å². The summed E-state index contributed by atoms with van der Waals surface area (Å²) in [5.41, 5.74) is 1.85. The van der Waals surface area contributed by atoms with E-state index in [1.807, 2.05) is 55.5 Å². The van der Waals surface area contributed by atoms with Crippen molar-refractivity contribution in [3.05, 3.63) is 89.5 Å². The highest BCUT2D eigenvalue weighted by Crippen LogP contribution is 2.38. The molecule has 6 heteroatoms. The van der Waals surface area contributed by atoms with Crippen LogP contribution < -0.4 is 0 Å². The van der Waals surface area contributed by atoms with Gasteiger partial charge < -0.3 is 0 Å². The number of rotatable bonds is 3. The Labute approximate surface area is 171 Å². The molecule has 0 nitrogen and oxygen atoms in total. The van der Waals surface area contributed by atoms with Gasteiger partial charge in [0.1, 0.15) is 0 Å². The molecule has 0 saturated heterocycles. The van der Waals surface area contributed by atoms with Crippen molar-refractivity contribution >= 4 is 34.2 Å². The molecule has 0 unspecified atom stereocenters. The summed E-state index contributed by atoms with van der Waals surface area (Å²) in [6.07, 6.45) is -4.27. The molecular weight excluding hydrogens is 405 g/mol. The molecule has 0 aliphatic carbocycles. The van der Waals surface area contributed by atoms with Gasteiger partial charge in [0.25, 0.3) is 0 Å². The van der Waals surface area contributed by atoms with Crippen LogP contribution in [0.3, 0.4) is 0 Å². The number of thiol groups is 1. The van der Waals surface area contributed by atoms with Crippen molar-refractivity contribution in [1.29, 1.82) is 0 Å². The van der Waals surface area contributed by atoms with E-state index in [2.05, 4.69) is 19.6 Å². The zero-order valence-corrected chi connectivity index (χ0v) is 17.4. The van der Waals surface area contributed by atoms with E-state index in [0.29, 0.717) is 0 Å². The lowest BCUT2D eigenvalue weighted by Gasteiger charge is -2.07. The molecule has 0 aliphatic rings. The standard InChI is InChI=1S/C14H11F3S2.C7H8S/c1-10-2-6-12(7-3-10)18-19-13-8-4-11(5-9-13)14(15,16)17;1-6-2-4-7(8)5-3-6/h2-9H,1H3;2-5,8H,1H3. The minimum Gasteiger partial charge on any atom is -0.166 e. The highest BCUT2D eigenvalue weighted by molar-refractivity contribution is 8.76. The van der Waals surface area contributed by atoms with Crippen LogP contribution in [0.4, 0.5) is 13.2 Å². The molecule has 0 atom stereocenters. The van der Waals surface area contributed by atoms with E-state index < -0.39 is 11.7 Å². The van der Waals surface area contributed by atoms with E-state index in [0.717, 1.165) is 26.8 Å². The van der Waals surface area contributed by atoms with E-state index in [-0.39, 0.29) is 0 Å². The van der Waals surface area contributed by atoms with Crippen molar-refractivity contribution in [2.24, 2.45) is 0 Å². The maximum atomic E-state index is 12.4. The predicted octanol–water partition coefficient (Wildman–Crippen LogP) is 8.10. The highest BCUT2D eigenvalue weighted by Gasteiger charge is 2.29. The molecule has 0 heterocycles. The summed E-state index contributed by atoms with van der Waals surface area (Å²) in [5.74, 6) is 0. The van der Waals surface area contributed by atoms with Gasteiger partial charge in [-0.05, 0) is 62.4 Å². The van der Waals surface area contributed by atoms with E-state index in [1.54, 1.807) is 0 Å². The van der Waals surface area contributed by atoms with Gasteiger partial charge in [-0.3, -0.25) is 0 Å². The lowest BCUT2D eigenvalue weighted by Crippen LogP contribution is -2.03. The molecule has 3 aromatic carbocycles. The van der Waals surface area contributed by atoms with Crippen LogP contribution >= 0.6 is 34.2 Å². The Bertz CT molecular complexity index is 804. The smallest absolute Gasteiger partial charge is 0.166 e. The number of halogens is 3. The van der Waals surface area contributed by atoms with Gasteiger partial charge in [0.15, 0.2) is 0 Å². The second kappa shape index (κ2) is 10.2. The topological polar surface area (TPSA) is 0 Å². The normalized spacial score (nSPS) is 10.9. The van der Waals surface area contributed by atoms with Gasteiger partial charge in [-0.1, -0.05) is 57.0 Å². The Morgan fingerprint density at radius 1 is 0.630 bits per heavy atom. The first kappa shape index (κ1) is 21.8. The molecule has 0 bridgehead atoms. The monoisotopic (exact) mass is 424 g/mol. The minimum absolute atomic E-state index is 0.614. The van der Waals surface area contributed by atoms with Gasteiger partial charge in [-0.25, -0.2) is 0 Å². The zero-order valence-electron chi connectivity index (χ0n) is 14.8. The Morgan fingerprint density at radius 3 is 1.37 bits per heavy atom. The van der Waals surface area contributed by atoms with Crippen LogP contribution in [0, 0.1) is 13.8 Å². The average molecular weight is 425 g/mol. The van der Waals surface area contributed by atoms with Crippen LogP contribution in [0.1, 0.15) is 16.7 Å².